The van der Waals surface area contributed by atoms with Gasteiger partial charge in [-0.3, -0.25) is 14.4 Å². The highest BCUT2D eigenvalue weighted by atomic mass is 16.5. The number of rotatable bonds is 5. The van der Waals surface area contributed by atoms with Crippen molar-refractivity contribution in [3.05, 3.63) is 30.3 Å². The topological polar surface area (TPSA) is 70.2 Å². The third-order valence-electron chi connectivity index (χ3n) is 5.40. The Kier molecular flexibility index (Phi) is 6.54. The van der Waals surface area contributed by atoms with Crippen molar-refractivity contribution in [3.8, 4) is 5.75 Å². The molecule has 2 fully saturated rings. The highest BCUT2D eigenvalue weighted by Gasteiger charge is 2.37. The van der Waals surface area contributed by atoms with Gasteiger partial charge in [-0.15, -0.1) is 0 Å². The molecule has 0 saturated carbocycles. The van der Waals surface area contributed by atoms with Crippen molar-refractivity contribution in [2.75, 3.05) is 39.3 Å². The van der Waals surface area contributed by atoms with E-state index in [4.69, 9.17) is 4.74 Å². The zero-order valence-electron chi connectivity index (χ0n) is 16.7. The van der Waals surface area contributed by atoms with Gasteiger partial charge in [0.25, 0.3) is 5.91 Å². The van der Waals surface area contributed by atoms with E-state index in [2.05, 4.69) is 0 Å². The third kappa shape index (κ3) is 4.82. The molecule has 2 saturated heterocycles. The largest absolute Gasteiger partial charge is 0.484 e. The average Bonchev–Trinajstić information content (AvgIpc) is 2.92. The predicted octanol–water partition coefficient (Wildman–Crippen LogP) is 1.38. The lowest BCUT2D eigenvalue weighted by Crippen LogP contribution is -2.42. The minimum atomic E-state index is -0.265. The fourth-order valence-electron chi connectivity index (χ4n) is 3.79. The van der Waals surface area contributed by atoms with Crippen LogP contribution in [0.15, 0.2) is 30.3 Å². The second-order valence-corrected chi connectivity index (χ2v) is 7.70. The van der Waals surface area contributed by atoms with Gasteiger partial charge in [0, 0.05) is 45.2 Å². The van der Waals surface area contributed by atoms with E-state index in [0.29, 0.717) is 44.9 Å². The molecule has 3 amide bonds. The van der Waals surface area contributed by atoms with Crippen LogP contribution in [0.5, 0.6) is 5.75 Å². The number of benzene rings is 1. The maximum atomic E-state index is 12.9. The quantitative estimate of drug-likeness (QED) is 0.765. The summed E-state index contributed by atoms with van der Waals surface area (Å²) in [6.45, 7) is 6.67. The third-order valence-corrected chi connectivity index (χ3v) is 5.40. The van der Waals surface area contributed by atoms with Gasteiger partial charge in [-0.25, -0.2) is 0 Å². The molecule has 0 bridgehead atoms. The van der Waals surface area contributed by atoms with Gasteiger partial charge < -0.3 is 19.4 Å². The van der Waals surface area contributed by atoms with Crippen molar-refractivity contribution in [2.24, 2.45) is 5.92 Å². The van der Waals surface area contributed by atoms with Crippen LogP contribution >= 0.6 is 0 Å². The van der Waals surface area contributed by atoms with Crippen LogP contribution in [0.2, 0.25) is 0 Å². The molecular weight excluding hydrogens is 358 g/mol. The molecule has 0 N–H and O–H groups in total. The molecule has 0 spiro atoms. The summed E-state index contributed by atoms with van der Waals surface area (Å²) in [6.07, 6.45) is 1.03. The molecule has 2 aliphatic heterocycles. The Morgan fingerprint density at radius 2 is 1.75 bits per heavy atom. The normalized spacial score (nSPS) is 20.5. The van der Waals surface area contributed by atoms with Gasteiger partial charge in [-0.1, -0.05) is 18.2 Å². The van der Waals surface area contributed by atoms with E-state index in [-0.39, 0.29) is 36.3 Å². The Hall–Kier alpha value is -2.57. The summed E-state index contributed by atoms with van der Waals surface area (Å²) in [6, 6.07) is 9.38. The molecule has 2 aliphatic rings. The lowest BCUT2D eigenvalue weighted by Gasteiger charge is -2.25. The molecule has 0 radical (unpaired) electrons. The van der Waals surface area contributed by atoms with E-state index in [1.54, 1.807) is 9.80 Å². The Morgan fingerprint density at radius 1 is 1.07 bits per heavy atom. The monoisotopic (exact) mass is 387 g/mol. The molecule has 7 nitrogen and oxygen atoms in total. The van der Waals surface area contributed by atoms with Crippen molar-refractivity contribution < 1.29 is 19.1 Å². The van der Waals surface area contributed by atoms with Gasteiger partial charge in [-0.2, -0.15) is 0 Å². The number of carbonyl (C=O) groups is 3. The van der Waals surface area contributed by atoms with Crippen LogP contribution in [-0.4, -0.2) is 77.8 Å². The molecule has 0 aliphatic carbocycles. The van der Waals surface area contributed by atoms with Gasteiger partial charge in [0.1, 0.15) is 5.75 Å². The number of hydrogen-bond acceptors (Lipinski definition) is 4. The van der Waals surface area contributed by atoms with Crippen LogP contribution in [0.25, 0.3) is 0 Å². The SMILES string of the molecule is CC(C)N1CC(C(=O)N2CCCN(C(=O)COc3ccccc3)CC2)CC1=O. The van der Waals surface area contributed by atoms with Crippen LogP contribution in [0.1, 0.15) is 26.7 Å². The minimum absolute atomic E-state index is 0.00155. The second kappa shape index (κ2) is 9.08. The number of nitrogens with zero attached hydrogens (tertiary/aromatic N) is 3. The highest BCUT2D eigenvalue weighted by molar-refractivity contribution is 5.89. The van der Waals surface area contributed by atoms with Crippen LogP contribution in [0, 0.1) is 5.92 Å². The van der Waals surface area contributed by atoms with E-state index in [1.165, 1.54) is 0 Å². The first-order valence-corrected chi connectivity index (χ1v) is 9.99. The molecule has 1 atom stereocenters. The van der Waals surface area contributed by atoms with E-state index in [0.717, 1.165) is 6.42 Å². The zero-order chi connectivity index (χ0) is 20.1. The first-order valence-electron chi connectivity index (χ1n) is 9.99. The van der Waals surface area contributed by atoms with Crippen molar-refractivity contribution >= 4 is 17.7 Å². The maximum Gasteiger partial charge on any atom is 0.260 e. The maximum absolute atomic E-state index is 12.9. The number of carbonyl (C=O) groups excluding carboxylic acids is 3. The molecule has 28 heavy (non-hydrogen) atoms. The molecule has 3 rings (SSSR count). The Bertz CT molecular complexity index is 707. The standard InChI is InChI=1S/C21H29N3O4/c1-16(2)24-14-17(13-19(24)25)21(27)23-10-6-9-22(11-12-23)20(26)15-28-18-7-4-3-5-8-18/h3-5,7-8,16-17H,6,9-15H2,1-2H3. The summed E-state index contributed by atoms with van der Waals surface area (Å²) in [5, 5.41) is 0. The molecule has 0 aromatic heterocycles. The smallest absolute Gasteiger partial charge is 0.260 e. The Labute approximate surface area is 166 Å². The molecule has 7 heteroatoms. The molecule has 1 unspecified atom stereocenters. The van der Waals surface area contributed by atoms with E-state index >= 15 is 0 Å². The minimum Gasteiger partial charge on any atom is -0.484 e. The number of ether oxygens (including phenoxy) is 1. The Balaban J connectivity index is 1.49. The summed E-state index contributed by atoms with van der Waals surface area (Å²) >= 11 is 0. The van der Waals surface area contributed by atoms with Crippen LogP contribution in [0.4, 0.5) is 0 Å². The number of likely N-dealkylation sites (tertiary alicyclic amines) is 1. The van der Waals surface area contributed by atoms with Gasteiger partial charge in [-0.05, 0) is 32.4 Å². The average molecular weight is 387 g/mol. The van der Waals surface area contributed by atoms with Crippen LogP contribution in [0.3, 0.4) is 0 Å². The zero-order valence-corrected chi connectivity index (χ0v) is 16.7. The van der Waals surface area contributed by atoms with Crippen LogP contribution < -0.4 is 4.74 Å². The van der Waals surface area contributed by atoms with Gasteiger partial charge in [0.05, 0.1) is 5.92 Å². The van der Waals surface area contributed by atoms with Crippen molar-refractivity contribution in [2.45, 2.75) is 32.7 Å². The first-order chi connectivity index (χ1) is 13.5. The fourth-order valence-corrected chi connectivity index (χ4v) is 3.79. The first kappa shape index (κ1) is 20.2. The molecule has 1 aromatic carbocycles. The predicted molar refractivity (Wildman–Crippen MR) is 105 cm³/mol. The Morgan fingerprint density at radius 3 is 2.43 bits per heavy atom. The van der Waals surface area contributed by atoms with E-state index in [1.807, 2.05) is 49.1 Å². The highest BCUT2D eigenvalue weighted by Crippen LogP contribution is 2.23. The van der Waals surface area contributed by atoms with E-state index in [9.17, 15) is 14.4 Å². The summed E-state index contributed by atoms with van der Waals surface area (Å²) < 4.78 is 5.55. The summed E-state index contributed by atoms with van der Waals surface area (Å²) in [5.74, 6) is 0.422. The molecular formula is C21H29N3O4. The summed E-state index contributed by atoms with van der Waals surface area (Å²) in [4.78, 5) is 42.8. The number of hydrogen-bond donors (Lipinski definition) is 0. The fraction of sp³-hybridized carbons (Fsp3) is 0.571. The summed E-state index contributed by atoms with van der Waals surface area (Å²) in [5.41, 5.74) is 0. The van der Waals surface area contributed by atoms with Crippen molar-refractivity contribution in [1.82, 2.24) is 14.7 Å². The summed E-state index contributed by atoms with van der Waals surface area (Å²) in [7, 11) is 0. The number of amides is 3. The van der Waals surface area contributed by atoms with Crippen molar-refractivity contribution in [1.29, 1.82) is 0 Å². The molecule has 152 valence electrons. The van der Waals surface area contributed by atoms with Crippen LogP contribution in [-0.2, 0) is 14.4 Å². The lowest BCUT2D eigenvalue weighted by atomic mass is 10.1. The molecule has 2 heterocycles. The lowest BCUT2D eigenvalue weighted by molar-refractivity contribution is -0.137. The van der Waals surface area contributed by atoms with Gasteiger partial charge in [0.2, 0.25) is 11.8 Å². The number of para-hydroxylation sites is 1. The second-order valence-electron chi connectivity index (χ2n) is 7.70. The van der Waals surface area contributed by atoms with E-state index < -0.39 is 0 Å². The molecule has 1 aromatic rings. The van der Waals surface area contributed by atoms with Crippen molar-refractivity contribution in [3.63, 3.8) is 0 Å². The van der Waals surface area contributed by atoms with Gasteiger partial charge in [0.15, 0.2) is 6.61 Å². The van der Waals surface area contributed by atoms with Gasteiger partial charge >= 0.3 is 0 Å².